The monoisotopic (exact) mass is 169 g/mol. The summed E-state index contributed by atoms with van der Waals surface area (Å²) in [6.07, 6.45) is 0. The molecule has 0 aliphatic carbocycles. The summed E-state index contributed by atoms with van der Waals surface area (Å²) in [6, 6.07) is 3.24. The van der Waals surface area contributed by atoms with E-state index in [1.807, 2.05) is 6.92 Å². The second-order valence-electron chi connectivity index (χ2n) is 2.84. The van der Waals surface area contributed by atoms with Gasteiger partial charge in [0.1, 0.15) is 5.82 Å². The summed E-state index contributed by atoms with van der Waals surface area (Å²) in [5, 5.41) is 0. The minimum Gasteiger partial charge on any atom is -0.300 e. The van der Waals surface area contributed by atoms with Gasteiger partial charge in [-0.25, -0.2) is 10.3 Å². The number of aryl methyl sites for hydroxylation is 2. The van der Waals surface area contributed by atoms with Crippen LogP contribution in [0.15, 0.2) is 12.1 Å². The van der Waals surface area contributed by atoms with Gasteiger partial charge in [-0.2, -0.15) is 0 Å². The second kappa shape index (κ2) is 3.65. The van der Waals surface area contributed by atoms with Gasteiger partial charge in [-0.3, -0.25) is 4.84 Å². The van der Waals surface area contributed by atoms with Gasteiger partial charge in [0, 0.05) is 0 Å². The molecular formula is C9H12FNO. The van der Waals surface area contributed by atoms with Crippen LogP contribution >= 0.6 is 0 Å². The second-order valence-corrected chi connectivity index (χ2v) is 2.84. The first-order valence-corrected chi connectivity index (χ1v) is 3.72. The molecule has 0 aromatic heterocycles. The molecule has 2 N–H and O–H groups in total. The molecule has 0 bridgehead atoms. The first kappa shape index (κ1) is 9.16. The predicted octanol–water partition coefficient (Wildman–Crippen LogP) is 1.83. The molecule has 0 fully saturated rings. The summed E-state index contributed by atoms with van der Waals surface area (Å²) in [5.41, 5.74) is 2.41. The van der Waals surface area contributed by atoms with Gasteiger partial charge >= 0.3 is 0 Å². The van der Waals surface area contributed by atoms with Crippen LogP contribution < -0.4 is 5.90 Å². The lowest BCUT2D eigenvalue weighted by molar-refractivity contribution is 0.123. The maximum atomic E-state index is 12.9. The van der Waals surface area contributed by atoms with E-state index in [4.69, 9.17) is 5.90 Å². The van der Waals surface area contributed by atoms with Crippen LogP contribution in [-0.4, -0.2) is 0 Å². The summed E-state index contributed by atoms with van der Waals surface area (Å²) < 4.78 is 12.9. The quantitative estimate of drug-likeness (QED) is 0.685. The Morgan fingerprint density at radius 3 is 2.58 bits per heavy atom. The van der Waals surface area contributed by atoms with Gasteiger partial charge in [-0.1, -0.05) is 6.07 Å². The summed E-state index contributed by atoms with van der Waals surface area (Å²) in [5.74, 6) is 4.74. The molecule has 66 valence electrons. The van der Waals surface area contributed by atoms with Crippen molar-refractivity contribution in [3.63, 3.8) is 0 Å². The Morgan fingerprint density at radius 1 is 1.33 bits per heavy atom. The van der Waals surface area contributed by atoms with E-state index in [1.165, 1.54) is 6.07 Å². The first-order chi connectivity index (χ1) is 5.65. The molecule has 3 heteroatoms. The zero-order valence-electron chi connectivity index (χ0n) is 7.23. The number of nitrogens with two attached hydrogens (primary N) is 1. The number of halogens is 1. The van der Waals surface area contributed by atoms with Gasteiger partial charge in [-0.05, 0) is 36.6 Å². The van der Waals surface area contributed by atoms with Crippen LogP contribution in [0.2, 0.25) is 0 Å². The van der Waals surface area contributed by atoms with E-state index in [-0.39, 0.29) is 5.82 Å². The minimum atomic E-state index is -0.187. The van der Waals surface area contributed by atoms with Crippen molar-refractivity contribution < 1.29 is 9.23 Å². The van der Waals surface area contributed by atoms with E-state index in [0.717, 1.165) is 11.1 Å². The Labute approximate surface area is 71.1 Å². The summed E-state index contributed by atoms with van der Waals surface area (Å²) in [4.78, 5) is 4.48. The third-order valence-electron chi connectivity index (χ3n) is 1.86. The minimum absolute atomic E-state index is 0.187. The molecular weight excluding hydrogens is 157 g/mol. The predicted molar refractivity (Wildman–Crippen MR) is 44.9 cm³/mol. The van der Waals surface area contributed by atoms with Crippen LogP contribution in [-0.2, 0) is 11.4 Å². The number of benzene rings is 1. The van der Waals surface area contributed by atoms with Crippen molar-refractivity contribution >= 4 is 0 Å². The van der Waals surface area contributed by atoms with Crippen LogP contribution in [0.25, 0.3) is 0 Å². The Balaban J connectivity index is 3.05. The van der Waals surface area contributed by atoms with Crippen LogP contribution in [0.3, 0.4) is 0 Å². The molecule has 0 saturated heterocycles. The lowest BCUT2D eigenvalue weighted by atomic mass is 10.1. The van der Waals surface area contributed by atoms with E-state index < -0.39 is 0 Å². The van der Waals surface area contributed by atoms with E-state index in [2.05, 4.69) is 4.84 Å². The zero-order chi connectivity index (χ0) is 9.14. The zero-order valence-corrected chi connectivity index (χ0v) is 7.23. The summed E-state index contributed by atoms with van der Waals surface area (Å²) in [6.45, 7) is 3.87. The fraction of sp³-hybridized carbons (Fsp3) is 0.333. The molecule has 2 nitrogen and oxygen atoms in total. The highest BCUT2D eigenvalue weighted by Gasteiger charge is 2.03. The molecule has 12 heavy (non-hydrogen) atoms. The van der Waals surface area contributed by atoms with Crippen molar-refractivity contribution in [2.24, 2.45) is 5.90 Å². The molecule has 0 aliphatic rings. The molecule has 0 amide bonds. The van der Waals surface area contributed by atoms with E-state index in [9.17, 15) is 4.39 Å². The highest BCUT2D eigenvalue weighted by atomic mass is 19.1. The van der Waals surface area contributed by atoms with Gasteiger partial charge in [0.05, 0.1) is 6.61 Å². The fourth-order valence-corrected chi connectivity index (χ4v) is 1.09. The molecule has 0 aliphatic heterocycles. The standard InChI is InChI=1S/C9H12FNO/c1-6-4-9(10)7(2)3-8(6)5-12-11/h3-4H,5,11H2,1-2H3. The SMILES string of the molecule is Cc1cc(CON)c(C)cc1F. The molecule has 1 aromatic carbocycles. The molecule has 1 aromatic rings. The first-order valence-electron chi connectivity index (χ1n) is 3.72. The van der Waals surface area contributed by atoms with Gasteiger partial charge < -0.3 is 0 Å². The van der Waals surface area contributed by atoms with Crippen LogP contribution in [0.4, 0.5) is 4.39 Å². The Kier molecular flexibility index (Phi) is 2.78. The van der Waals surface area contributed by atoms with E-state index in [0.29, 0.717) is 12.2 Å². The largest absolute Gasteiger partial charge is 0.300 e. The third kappa shape index (κ3) is 1.81. The highest BCUT2D eigenvalue weighted by molar-refractivity contribution is 5.31. The van der Waals surface area contributed by atoms with Crippen LogP contribution in [0.1, 0.15) is 16.7 Å². The van der Waals surface area contributed by atoms with Crippen molar-refractivity contribution in [3.05, 3.63) is 34.6 Å². The topological polar surface area (TPSA) is 35.2 Å². The van der Waals surface area contributed by atoms with Crippen LogP contribution in [0.5, 0.6) is 0 Å². The maximum Gasteiger partial charge on any atom is 0.126 e. The van der Waals surface area contributed by atoms with E-state index >= 15 is 0 Å². The fourth-order valence-electron chi connectivity index (χ4n) is 1.09. The Bertz CT molecular complexity index is 286. The molecule has 0 unspecified atom stereocenters. The van der Waals surface area contributed by atoms with Crippen LogP contribution in [0, 0.1) is 19.7 Å². The van der Waals surface area contributed by atoms with E-state index in [1.54, 1.807) is 13.0 Å². The summed E-state index contributed by atoms with van der Waals surface area (Å²) >= 11 is 0. The molecule has 0 radical (unpaired) electrons. The maximum absolute atomic E-state index is 12.9. The van der Waals surface area contributed by atoms with Crippen molar-refractivity contribution in [1.29, 1.82) is 0 Å². The van der Waals surface area contributed by atoms with Crippen molar-refractivity contribution in [3.8, 4) is 0 Å². The molecule has 0 spiro atoms. The Morgan fingerprint density at radius 2 is 2.00 bits per heavy atom. The number of hydrogen-bond donors (Lipinski definition) is 1. The van der Waals surface area contributed by atoms with Crippen molar-refractivity contribution in [2.75, 3.05) is 0 Å². The summed E-state index contributed by atoms with van der Waals surface area (Å²) in [7, 11) is 0. The van der Waals surface area contributed by atoms with Crippen molar-refractivity contribution in [1.82, 2.24) is 0 Å². The van der Waals surface area contributed by atoms with Gasteiger partial charge in [-0.15, -0.1) is 0 Å². The van der Waals surface area contributed by atoms with Gasteiger partial charge in [0.2, 0.25) is 0 Å². The lowest BCUT2D eigenvalue weighted by Gasteiger charge is -2.05. The Hall–Kier alpha value is -0.930. The average molecular weight is 169 g/mol. The van der Waals surface area contributed by atoms with Crippen molar-refractivity contribution in [2.45, 2.75) is 20.5 Å². The van der Waals surface area contributed by atoms with Gasteiger partial charge in [0.25, 0.3) is 0 Å². The normalized spacial score (nSPS) is 10.3. The number of hydrogen-bond acceptors (Lipinski definition) is 2. The van der Waals surface area contributed by atoms with Gasteiger partial charge in [0.15, 0.2) is 0 Å². The molecule has 0 heterocycles. The molecule has 0 atom stereocenters. The highest BCUT2D eigenvalue weighted by Crippen LogP contribution is 2.14. The number of rotatable bonds is 2. The molecule has 1 rings (SSSR count). The smallest absolute Gasteiger partial charge is 0.126 e. The third-order valence-corrected chi connectivity index (χ3v) is 1.86. The average Bonchev–Trinajstić information content (AvgIpc) is 2.01. The lowest BCUT2D eigenvalue weighted by Crippen LogP contribution is -2.01. The molecule has 0 saturated carbocycles.